The molecule has 2 amide bonds. The molecule has 1 aliphatic rings. The van der Waals surface area contributed by atoms with Crippen molar-refractivity contribution in [3.63, 3.8) is 0 Å². The van der Waals surface area contributed by atoms with Crippen molar-refractivity contribution in [1.29, 1.82) is 0 Å². The summed E-state index contributed by atoms with van der Waals surface area (Å²) in [6, 6.07) is 3.45. The number of alkyl halides is 3. The van der Waals surface area contributed by atoms with Crippen LogP contribution in [0.1, 0.15) is 22.3 Å². The van der Waals surface area contributed by atoms with Crippen molar-refractivity contribution in [2.24, 2.45) is 5.92 Å². The van der Waals surface area contributed by atoms with Gasteiger partial charge in [0.05, 0.1) is 23.0 Å². The molecule has 1 aromatic carbocycles. The van der Waals surface area contributed by atoms with E-state index in [9.17, 15) is 31.2 Å². The number of nitrogens with one attached hydrogen (secondary N) is 2. The Kier molecular flexibility index (Phi) is 4.64. The maximum absolute atomic E-state index is 12.4. The maximum Gasteiger partial charge on any atom is 0.416 e. The summed E-state index contributed by atoms with van der Waals surface area (Å²) in [7, 11) is -3.23. The van der Waals surface area contributed by atoms with Crippen LogP contribution in [-0.4, -0.2) is 31.7 Å². The highest BCUT2D eigenvalue weighted by atomic mass is 32.2. The molecule has 6 nitrogen and oxygen atoms in total. The van der Waals surface area contributed by atoms with Gasteiger partial charge in [0.15, 0.2) is 9.84 Å². The summed E-state index contributed by atoms with van der Waals surface area (Å²) in [6.45, 7) is 0. The molecule has 0 aromatic heterocycles. The Morgan fingerprint density at radius 3 is 2.17 bits per heavy atom. The second kappa shape index (κ2) is 6.19. The van der Waals surface area contributed by atoms with Crippen LogP contribution in [0.25, 0.3) is 0 Å². The van der Waals surface area contributed by atoms with E-state index in [-0.39, 0.29) is 23.5 Å². The second-order valence-electron chi connectivity index (χ2n) is 5.12. The van der Waals surface area contributed by atoms with E-state index in [1.807, 2.05) is 5.43 Å². The largest absolute Gasteiger partial charge is 0.416 e. The van der Waals surface area contributed by atoms with E-state index in [4.69, 9.17) is 0 Å². The van der Waals surface area contributed by atoms with Crippen LogP contribution in [0.2, 0.25) is 0 Å². The molecule has 1 heterocycles. The molecule has 0 radical (unpaired) electrons. The molecule has 0 bridgehead atoms. The molecule has 10 heteroatoms. The van der Waals surface area contributed by atoms with Crippen LogP contribution in [0, 0.1) is 5.92 Å². The quantitative estimate of drug-likeness (QED) is 0.775. The summed E-state index contributed by atoms with van der Waals surface area (Å²) in [5.74, 6) is -2.56. The molecule has 2 rings (SSSR count). The highest BCUT2D eigenvalue weighted by Gasteiger charge is 2.33. The van der Waals surface area contributed by atoms with Gasteiger partial charge in [-0.15, -0.1) is 0 Å². The number of rotatable bonds is 2. The smallest absolute Gasteiger partial charge is 0.273 e. The number of amides is 2. The predicted octanol–water partition coefficient (Wildman–Crippen LogP) is 0.901. The minimum atomic E-state index is -4.50. The third kappa shape index (κ3) is 4.44. The molecular weight excluding hydrogens is 337 g/mol. The van der Waals surface area contributed by atoms with Crippen LogP contribution in [0.4, 0.5) is 13.2 Å². The van der Waals surface area contributed by atoms with Crippen molar-refractivity contribution >= 4 is 21.7 Å². The minimum absolute atomic E-state index is 0.0719. The molecule has 1 atom stereocenters. The van der Waals surface area contributed by atoms with E-state index in [1.165, 1.54) is 0 Å². The topological polar surface area (TPSA) is 92.3 Å². The molecule has 0 spiro atoms. The summed E-state index contributed by atoms with van der Waals surface area (Å²) in [4.78, 5) is 23.4. The molecular formula is C13H13F3N2O4S. The van der Waals surface area contributed by atoms with E-state index in [0.29, 0.717) is 0 Å². The number of hydrogen-bond donors (Lipinski definition) is 2. The monoisotopic (exact) mass is 350 g/mol. The lowest BCUT2D eigenvalue weighted by atomic mass is 10.1. The number of benzene rings is 1. The molecule has 2 N–H and O–H groups in total. The average Bonchev–Trinajstić information content (AvgIpc) is 2.84. The Morgan fingerprint density at radius 2 is 1.70 bits per heavy atom. The van der Waals surface area contributed by atoms with Crippen LogP contribution < -0.4 is 10.9 Å². The maximum atomic E-state index is 12.4. The third-order valence-corrected chi connectivity index (χ3v) is 5.14. The zero-order valence-electron chi connectivity index (χ0n) is 11.7. The summed E-state index contributed by atoms with van der Waals surface area (Å²) < 4.78 is 59.7. The second-order valence-corrected chi connectivity index (χ2v) is 7.35. The minimum Gasteiger partial charge on any atom is -0.273 e. The molecule has 0 unspecified atom stereocenters. The Hall–Kier alpha value is -2.10. The van der Waals surface area contributed by atoms with Crippen LogP contribution in [0.15, 0.2) is 24.3 Å². The van der Waals surface area contributed by atoms with E-state index < -0.39 is 39.3 Å². The molecule has 0 saturated carbocycles. The lowest BCUT2D eigenvalue weighted by Crippen LogP contribution is -2.44. The van der Waals surface area contributed by atoms with Gasteiger partial charge in [-0.05, 0) is 30.7 Å². The van der Waals surface area contributed by atoms with Gasteiger partial charge in [0.25, 0.3) is 5.91 Å². The Morgan fingerprint density at radius 1 is 1.09 bits per heavy atom. The van der Waals surface area contributed by atoms with Gasteiger partial charge in [-0.2, -0.15) is 13.2 Å². The highest BCUT2D eigenvalue weighted by Crippen LogP contribution is 2.29. The number of hydrogen-bond acceptors (Lipinski definition) is 4. The van der Waals surface area contributed by atoms with E-state index in [0.717, 1.165) is 24.3 Å². The third-order valence-electron chi connectivity index (χ3n) is 3.38. The fourth-order valence-electron chi connectivity index (χ4n) is 2.10. The fourth-order valence-corrected chi connectivity index (χ4v) is 3.85. The molecule has 23 heavy (non-hydrogen) atoms. The Balaban J connectivity index is 1.91. The molecule has 1 saturated heterocycles. The zero-order valence-corrected chi connectivity index (χ0v) is 12.5. The first-order valence-electron chi connectivity index (χ1n) is 6.56. The van der Waals surface area contributed by atoms with Crippen molar-refractivity contribution in [2.45, 2.75) is 12.6 Å². The molecule has 126 valence electrons. The molecule has 1 aliphatic heterocycles. The van der Waals surface area contributed by atoms with Crippen molar-refractivity contribution < 1.29 is 31.2 Å². The van der Waals surface area contributed by atoms with Crippen LogP contribution >= 0.6 is 0 Å². The number of halogens is 3. The summed E-state index contributed by atoms with van der Waals surface area (Å²) >= 11 is 0. The van der Waals surface area contributed by atoms with Gasteiger partial charge in [0.2, 0.25) is 5.91 Å². The van der Waals surface area contributed by atoms with Crippen molar-refractivity contribution in [2.75, 3.05) is 11.5 Å². The number of carbonyl (C=O) groups is 2. The summed E-state index contributed by atoms with van der Waals surface area (Å²) in [6.07, 6.45) is -4.33. The van der Waals surface area contributed by atoms with Gasteiger partial charge in [-0.3, -0.25) is 20.4 Å². The zero-order chi connectivity index (χ0) is 17.3. The summed E-state index contributed by atoms with van der Waals surface area (Å²) in [5, 5.41) is 0. The van der Waals surface area contributed by atoms with Crippen molar-refractivity contribution in [1.82, 2.24) is 10.9 Å². The fraction of sp³-hybridized carbons (Fsp3) is 0.385. The first-order chi connectivity index (χ1) is 10.6. The molecule has 1 fully saturated rings. The lowest BCUT2D eigenvalue weighted by molar-refractivity contribution is -0.137. The van der Waals surface area contributed by atoms with Gasteiger partial charge in [0.1, 0.15) is 0 Å². The van der Waals surface area contributed by atoms with E-state index in [2.05, 4.69) is 5.43 Å². The Bertz CT molecular complexity index is 714. The molecule has 0 aliphatic carbocycles. The SMILES string of the molecule is O=C(NNC(=O)[C@H]1CCS(=O)(=O)C1)c1ccc(C(F)(F)F)cc1. The van der Waals surface area contributed by atoms with Gasteiger partial charge >= 0.3 is 6.18 Å². The summed E-state index contributed by atoms with van der Waals surface area (Å²) in [5.41, 5.74) is 3.16. The number of sulfone groups is 1. The van der Waals surface area contributed by atoms with Gasteiger partial charge in [0, 0.05) is 5.56 Å². The predicted molar refractivity (Wildman–Crippen MR) is 73.8 cm³/mol. The van der Waals surface area contributed by atoms with Crippen LogP contribution in [-0.2, 0) is 20.8 Å². The normalized spacial score (nSPS) is 20.0. The first-order valence-corrected chi connectivity index (χ1v) is 8.38. The Labute approximate surface area is 129 Å². The highest BCUT2D eigenvalue weighted by molar-refractivity contribution is 7.91. The average molecular weight is 350 g/mol. The van der Waals surface area contributed by atoms with Gasteiger partial charge in [-0.25, -0.2) is 8.42 Å². The van der Waals surface area contributed by atoms with Gasteiger partial charge in [-0.1, -0.05) is 0 Å². The van der Waals surface area contributed by atoms with Crippen LogP contribution in [0.3, 0.4) is 0 Å². The van der Waals surface area contributed by atoms with Crippen molar-refractivity contribution in [3.05, 3.63) is 35.4 Å². The van der Waals surface area contributed by atoms with Crippen molar-refractivity contribution in [3.8, 4) is 0 Å². The van der Waals surface area contributed by atoms with E-state index in [1.54, 1.807) is 0 Å². The van der Waals surface area contributed by atoms with Crippen LogP contribution in [0.5, 0.6) is 0 Å². The standard InChI is InChI=1S/C13H13F3N2O4S/c14-13(15,16)10-3-1-8(2-4-10)11(19)17-18-12(20)9-5-6-23(21,22)7-9/h1-4,9H,5-7H2,(H,17,19)(H,18,20)/t9-/m0/s1. The molecule has 1 aromatic rings. The first kappa shape index (κ1) is 17.3. The number of carbonyl (C=O) groups excluding carboxylic acids is 2. The number of hydrazine groups is 1. The van der Waals surface area contributed by atoms with Gasteiger partial charge < -0.3 is 0 Å². The van der Waals surface area contributed by atoms with E-state index >= 15 is 0 Å². The lowest BCUT2D eigenvalue weighted by Gasteiger charge is -2.11.